The van der Waals surface area contributed by atoms with Crippen molar-refractivity contribution < 1.29 is 14.6 Å². The molecule has 0 amide bonds. The summed E-state index contributed by atoms with van der Waals surface area (Å²) in [5, 5.41) is 10.2. The maximum absolute atomic E-state index is 10.2. The zero-order chi connectivity index (χ0) is 22.6. The third-order valence-corrected chi connectivity index (χ3v) is 8.03. The fraction of sp³-hybridized carbons (Fsp3) is 0.571. The molecule has 3 saturated heterocycles. The van der Waals surface area contributed by atoms with Crippen molar-refractivity contribution >= 4 is 0 Å². The molecule has 0 saturated carbocycles. The van der Waals surface area contributed by atoms with Crippen LogP contribution in [-0.4, -0.2) is 80.1 Å². The summed E-state index contributed by atoms with van der Waals surface area (Å²) < 4.78 is 10.9. The molecule has 0 bridgehead atoms. The summed E-state index contributed by atoms with van der Waals surface area (Å²) in [5.41, 5.74) is 3.78. The number of hydrogen-bond acceptors (Lipinski definition) is 5. The van der Waals surface area contributed by atoms with Gasteiger partial charge < -0.3 is 19.5 Å². The van der Waals surface area contributed by atoms with Crippen LogP contribution in [0.15, 0.2) is 48.5 Å². The fourth-order valence-electron chi connectivity index (χ4n) is 6.15. The van der Waals surface area contributed by atoms with Crippen LogP contribution in [0.3, 0.4) is 0 Å². The minimum Gasteiger partial charge on any atom is -0.497 e. The first kappa shape index (κ1) is 22.9. The number of hydrogen-bond donors (Lipinski definition) is 1. The SMILES string of the molecule is COc1ccc(-c2ccc([C@@H]3[C@H]4CN(CC5CCOCC5)CCCCN4[C@H]3CO)cc2)cc1. The van der Waals surface area contributed by atoms with Gasteiger partial charge in [-0.05, 0) is 73.5 Å². The summed E-state index contributed by atoms with van der Waals surface area (Å²) in [4.78, 5) is 5.29. The Labute approximate surface area is 198 Å². The van der Waals surface area contributed by atoms with E-state index in [2.05, 4.69) is 46.2 Å². The highest BCUT2D eigenvalue weighted by molar-refractivity contribution is 5.64. The summed E-state index contributed by atoms with van der Waals surface area (Å²) in [6.45, 7) is 6.70. The van der Waals surface area contributed by atoms with Gasteiger partial charge in [0.2, 0.25) is 0 Å². The van der Waals surface area contributed by atoms with E-state index in [0.717, 1.165) is 38.0 Å². The lowest BCUT2D eigenvalue weighted by molar-refractivity contribution is -0.0677. The van der Waals surface area contributed by atoms with E-state index >= 15 is 0 Å². The van der Waals surface area contributed by atoms with Gasteiger partial charge in [-0.15, -0.1) is 0 Å². The predicted molar refractivity (Wildman–Crippen MR) is 132 cm³/mol. The molecule has 2 aromatic rings. The van der Waals surface area contributed by atoms with Gasteiger partial charge >= 0.3 is 0 Å². The lowest BCUT2D eigenvalue weighted by Gasteiger charge is -2.57. The zero-order valence-corrected chi connectivity index (χ0v) is 19.9. The molecule has 3 heterocycles. The summed E-state index contributed by atoms with van der Waals surface area (Å²) in [6, 6.07) is 18.0. The fourth-order valence-corrected chi connectivity index (χ4v) is 6.15. The maximum Gasteiger partial charge on any atom is 0.118 e. The molecule has 2 aromatic carbocycles. The molecule has 3 aliphatic rings. The summed E-state index contributed by atoms with van der Waals surface area (Å²) >= 11 is 0. The lowest BCUT2D eigenvalue weighted by Crippen LogP contribution is -2.67. The van der Waals surface area contributed by atoms with E-state index in [1.165, 1.54) is 55.5 Å². The third kappa shape index (κ3) is 4.97. The molecule has 3 aliphatic heterocycles. The van der Waals surface area contributed by atoms with Gasteiger partial charge in [0.15, 0.2) is 0 Å². The topological polar surface area (TPSA) is 45.2 Å². The number of aliphatic hydroxyl groups excluding tert-OH is 1. The molecular formula is C28H38N2O3. The molecule has 0 aromatic heterocycles. The maximum atomic E-state index is 10.2. The predicted octanol–water partition coefficient (Wildman–Crippen LogP) is 4.01. The highest BCUT2D eigenvalue weighted by Crippen LogP contribution is 2.42. The van der Waals surface area contributed by atoms with Crippen LogP contribution in [0, 0.1) is 5.92 Å². The monoisotopic (exact) mass is 450 g/mol. The molecule has 0 aliphatic carbocycles. The lowest BCUT2D eigenvalue weighted by atomic mass is 9.74. The molecule has 1 N–H and O–H groups in total. The second kappa shape index (κ2) is 10.6. The van der Waals surface area contributed by atoms with Crippen LogP contribution in [-0.2, 0) is 4.74 Å². The molecule has 0 spiro atoms. The van der Waals surface area contributed by atoms with Crippen molar-refractivity contribution in [2.75, 3.05) is 53.1 Å². The van der Waals surface area contributed by atoms with Gasteiger partial charge in [-0.3, -0.25) is 4.90 Å². The van der Waals surface area contributed by atoms with E-state index < -0.39 is 0 Å². The van der Waals surface area contributed by atoms with Gasteiger partial charge in [-0.25, -0.2) is 0 Å². The van der Waals surface area contributed by atoms with Crippen molar-refractivity contribution in [3.63, 3.8) is 0 Å². The van der Waals surface area contributed by atoms with Gasteiger partial charge in [-0.2, -0.15) is 0 Å². The smallest absolute Gasteiger partial charge is 0.118 e. The number of benzene rings is 2. The Morgan fingerprint density at radius 3 is 2.27 bits per heavy atom. The van der Waals surface area contributed by atoms with Gasteiger partial charge in [0.1, 0.15) is 5.75 Å². The number of rotatable bonds is 6. The van der Waals surface area contributed by atoms with Crippen molar-refractivity contribution in [3.8, 4) is 16.9 Å². The molecule has 5 rings (SSSR count). The van der Waals surface area contributed by atoms with Crippen LogP contribution >= 0.6 is 0 Å². The standard InChI is InChI=1S/C28H38N2O3/c1-32-25-10-8-23(9-11-25)22-4-6-24(7-5-22)28-26-19-29(18-21-12-16-33-17-13-21)14-2-3-15-30(26)27(28)20-31/h4-11,21,26-28,31H,2-3,12-20H2,1H3/t26-,27+,28-/m1/s1. The quantitative estimate of drug-likeness (QED) is 0.720. The average Bonchev–Trinajstić information content (AvgIpc) is 2.85. The first-order valence-corrected chi connectivity index (χ1v) is 12.7. The van der Waals surface area contributed by atoms with Gasteiger partial charge in [0.05, 0.1) is 13.7 Å². The van der Waals surface area contributed by atoms with Crippen LogP contribution in [0.5, 0.6) is 5.75 Å². The first-order valence-electron chi connectivity index (χ1n) is 12.7. The number of nitrogens with zero attached hydrogens (tertiary/aromatic N) is 2. The second-order valence-electron chi connectivity index (χ2n) is 9.95. The summed E-state index contributed by atoms with van der Waals surface area (Å²) in [6.07, 6.45) is 4.87. The van der Waals surface area contributed by atoms with E-state index in [9.17, 15) is 5.11 Å². The number of fused-ring (bicyclic) bond motifs is 1. The Bertz CT molecular complexity index is 879. The molecule has 5 heteroatoms. The molecule has 3 fully saturated rings. The highest BCUT2D eigenvalue weighted by atomic mass is 16.5. The number of methoxy groups -OCH3 is 1. The highest BCUT2D eigenvalue weighted by Gasteiger charge is 2.49. The summed E-state index contributed by atoms with van der Waals surface area (Å²) in [7, 11) is 1.70. The molecule has 0 unspecified atom stereocenters. The van der Waals surface area contributed by atoms with Gasteiger partial charge in [0.25, 0.3) is 0 Å². The Morgan fingerprint density at radius 1 is 0.939 bits per heavy atom. The van der Waals surface area contributed by atoms with Crippen LogP contribution < -0.4 is 4.74 Å². The largest absolute Gasteiger partial charge is 0.497 e. The van der Waals surface area contributed by atoms with E-state index in [1.807, 2.05) is 12.1 Å². The van der Waals surface area contributed by atoms with Crippen molar-refractivity contribution in [2.45, 2.75) is 43.7 Å². The van der Waals surface area contributed by atoms with E-state index in [0.29, 0.717) is 12.0 Å². The van der Waals surface area contributed by atoms with E-state index in [-0.39, 0.29) is 12.6 Å². The third-order valence-electron chi connectivity index (χ3n) is 8.03. The van der Waals surface area contributed by atoms with Crippen LogP contribution in [0.4, 0.5) is 0 Å². The Balaban J connectivity index is 1.31. The van der Waals surface area contributed by atoms with Crippen molar-refractivity contribution in [1.82, 2.24) is 9.80 Å². The van der Waals surface area contributed by atoms with Crippen molar-refractivity contribution in [1.29, 1.82) is 0 Å². The average molecular weight is 451 g/mol. The van der Waals surface area contributed by atoms with Gasteiger partial charge in [0, 0.05) is 44.3 Å². The van der Waals surface area contributed by atoms with Gasteiger partial charge in [-0.1, -0.05) is 36.4 Å². The van der Waals surface area contributed by atoms with Crippen molar-refractivity contribution in [3.05, 3.63) is 54.1 Å². The Morgan fingerprint density at radius 2 is 1.61 bits per heavy atom. The minimum atomic E-state index is 0.237. The van der Waals surface area contributed by atoms with Crippen LogP contribution in [0.1, 0.15) is 37.2 Å². The molecule has 3 atom stereocenters. The number of ether oxygens (including phenoxy) is 2. The summed E-state index contributed by atoms with van der Waals surface area (Å²) in [5.74, 6) is 2.04. The molecule has 0 radical (unpaired) electrons. The second-order valence-corrected chi connectivity index (χ2v) is 9.95. The number of aliphatic hydroxyl groups is 1. The molecular weight excluding hydrogens is 412 g/mol. The normalized spacial score (nSPS) is 27.3. The van der Waals surface area contributed by atoms with E-state index in [4.69, 9.17) is 9.47 Å². The van der Waals surface area contributed by atoms with Crippen LogP contribution in [0.2, 0.25) is 0 Å². The van der Waals surface area contributed by atoms with Crippen molar-refractivity contribution in [2.24, 2.45) is 5.92 Å². The zero-order valence-electron chi connectivity index (χ0n) is 19.9. The Hall–Kier alpha value is -1.92. The van der Waals surface area contributed by atoms with Crippen LogP contribution in [0.25, 0.3) is 11.1 Å². The molecule has 178 valence electrons. The molecule has 33 heavy (non-hydrogen) atoms. The molecule has 5 nitrogen and oxygen atoms in total. The minimum absolute atomic E-state index is 0.237. The van der Waals surface area contributed by atoms with E-state index in [1.54, 1.807) is 7.11 Å². The first-order chi connectivity index (χ1) is 16.3. The Kier molecular flexibility index (Phi) is 7.31.